The zero-order valence-corrected chi connectivity index (χ0v) is 13.6. The highest BCUT2D eigenvalue weighted by atomic mass is 32.1. The smallest absolute Gasteiger partial charge is 0.232 e. The number of thiocarbonyl (C=S) groups is 1. The molecule has 2 aliphatic heterocycles. The lowest BCUT2D eigenvalue weighted by Gasteiger charge is -2.47. The Bertz CT molecular complexity index is 387. The van der Waals surface area contributed by atoms with Crippen LogP contribution in [0.3, 0.4) is 0 Å². The van der Waals surface area contributed by atoms with Crippen molar-refractivity contribution in [1.82, 2.24) is 10.2 Å². The van der Waals surface area contributed by atoms with Gasteiger partial charge in [-0.2, -0.15) is 0 Å². The number of nitrogens with zero attached hydrogens (tertiary/aromatic N) is 1. The fourth-order valence-corrected chi connectivity index (χ4v) is 3.76. The van der Waals surface area contributed by atoms with Crippen molar-refractivity contribution in [2.24, 2.45) is 11.1 Å². The minimum absolute atomic E-state index is 0.000117. The molecular formula is C15H27N3OS. The normalized spacial score (nSPS) is 33.2. The van der Waals surface area contributed by atoms with E-state index >= 15 is 0 Å². The van der Waals surface area contributed by atoms with Crippen molar-refractivity contribution in [3.8, 4) is 0 Å². The molecule has 0 aromatic carbocycles. The van der Waals surface area contributed by atoms with Crippen LogP contribution in [0.5, 0.6) is 0 Å². The summed E-state index contributed by atoms with van der Waals surface area (Å²) >= 11 is 5.08. The summed E-state index contributed by atoms with van der Waals surface area (Å²) in [6.07, 6.45) is 6.57. The fraction of sp³-hybridized carbons (Fsp3) is 0.867. The van der Waals surface area contributed by atoms with Crippen LogP contribution < -0.4 is 11.1 Å². The van der Waals surface area contributed by atoms with Gasteiger partial charge >= 0.3 is 0 Å². The van der Waals surface area contributed by atoms with E-state index in [1.54, 1.807) is 0 Å². The average Bonchev–Trinajstić information content (AvgIpc) is 2.38. The zero-order valence-electron chi connectivity index (χ0n) is 12.8. The fourth-order valence-electron chi connectivity index (χ4n) is 3.53. The van der Waals surface area contributed by atoms with Gasteiger partial charge in [0.15, 0.2) is 0 Å². The summed E-state index contributed by atoms with van der Waals surface area (Å²) in [6.45, 7) is 3.81. The summed E-state index contributed by atoms with van der Waals surface area (Å²) in [7, 11) is 2.22. The third kappa shape index (κ3) is 2.84. The van der Waals surface area contributed by atoms with Gasteiger partial charge in [0.1, 0.15) is 0 Å². The number of rotatable bonds is 4. The predicted molar refractivity (Wildman–Crippen MR) is 85.5 cm³/mol. The van der Waals surface area contributed by atoms with E-state index in [0.29, 0.717) is 23.5 Å². The quantitative estimate of drug-likeness (QED) is 0.777. The maximum absolute atomic E-state index is 12.5. The number of hydrogen-bond acceptors (Lipinski definition) is 3. The van der Waals surface area contributed by atoms with E-state index < -0.39 is 5.41 Å². The van der Waals surface area contributed by atoms with Gasteiger partial charge in [-0.1, -0.05) is 25.6 Å². The van der Waals surface area contributed by atoms with Crippen LogP contribution in [0.25, 0.3) is 0 Å². The third-order valence-electron chi connectivity index (χ3n) is 5.43. The largest absolute Gasteiger partial charge is 0.392 e. The van der Waals surface area contributed by atoms with E-state index in [0.717, 1.165) is 12.8 Å². The molecule has 0 spiro atoms. The van der Waals surface area contributed by atoms with Crippen LogP contribution in [-0.2, 0) is 4.79 Å². The average molecular weight is 297 g/mol. The van der Waals surface area contributed by atoms with Crippen molar-refractivity contribution in [3.63, 3.8) is 0 Å². The molecular weight excluding hydrogens is 270 g/mol. The van der Waals surface area contributed by atoms with Gasteiger partial charge in [0.05, 0.1) is 10.4 Å². The molecule has 2 saturated heterocycles. The van der Waals surface area contributed by atoms with E-state index in [1.165, 1.54) is 19.3 Å². The van der Waals surface area contributed by atoms with Crippen molar-refractivity contribution in [1.29, 1.82) is 0 Å². The van der Waals surface area contributed by atoms with Gasteiger partial charge < -0.3 is 16.0 Å². The Labute approximate surface area is 127 Å². The summed E-state index contributed by atoms with van der Waals surface area (Å²) in [5.74, 6) is 0.000117. The lowest BCUT2D eigenvalue weighted by molar-refractivity contribution is -0.128. The summed E-state index contributed by atoms with van der Waals surface area (Å²) in [4.78, 5) is 15.3. The second-order valence-electron chi connectivity index (χ2n) is 6.60. The van der Waals surface area contributed by atoms with Crippen LogP contribution in [0.2, 0.25) is 0 Å². The molecule has 2 rings (SSSR count). The first kappa shape index (κ1) is 15.7. The van der Waals surface area contributed by atoms with Gasteiger partial charge in [0, 0.05) is 18.1 Å². The van der Waals surface area contributed by atoms with E-state index in [1.807, 2.05) is 13.8 Å². The highest BCUT2D eigenvalue weighted by Crippen LogP contribution is 2.33. The highest BCUT2D eigenvalue weighted by Gasteiger charge is 2.40. The van der Waals surface area contributed by atoms with Crippen LogP contribution in [-0.4, -0.2) is 41.0 Å². The maximum Gasteiger partial charge on any atom is 0.232 e. The Hall–Kier alpha value is -0.680. The van der Waals surface area contributed by atoms with Gasteiger partial charge in [0.25, 0.3) is 0 Å². The molecule has 0 aliphatic carbocycles. The Morgan fingerprint density at radius 2 is 1.95 bits per heavy atom. The molecule has 0 aromatic rings. The molecule has 2 heterocycles. The molecule has 4 nitrogen and oxygen atoms in total. The molecule has 114 valence electrons. The number of piperidine rings is 2. The molecule has 2 bridgehead atoms. The molecule has 5 heteroatoms. The molecule has 1 amide bonds. The maximum atomic E-state index is 12.5. The predicted octanol–water partition coefficient (Wildman–Crippen LogP) is 1.82. The molecule has 3 unspecified atom stereocenters. The molecule has 0 saturated carbocycles. The van der Waals surface area contributed by atoms with Gasteiger partial charge in [-0.05, 0) is 46.1 Å². The summed E-state index contributed by atoms with van der Waals surface area (Å²) < 4.78 is 0. The topological polar surface area (TPSA) is 58.4 Å². The number of carbonyl (C=O) groups excluding carboxylic acids is 1. The molecule has 2 aliphatic rings. The lowest BCUT2D eigenvalue weighted by Crippen LogP contribution is -2.57. The van der Waals surface area contributed by atoms with E-state index in [4.69, 9.17) is 18.0 Å². The van der Waals surface area contributed by atoms with E-state index in [2.05, 4.69) is 17.3 Å². The van der Waals surface area contributed by atoms with Gasteiger partial charge in [0.2, 0.25) is 5.91 Å². The lowest BCUT2D eigenvalue weighted by atomic mass is 9.81. The van der Waals surface area contributed by atoms with Crippen molar-refractivity contribution in [2.45, 2.75) is 70.5 Å². The first-order valence-electron chi connectivity index (χ1n) is 7.71. The first-order valence-corrected chi connectivity index (χ1v) is 8.12. The third-order valence-corrected chi connectivity index (χ3v) is 5.88. The molecule has 0 aromatic heterocycles. The number of amides is 1. The van der Waals surface area contributed by atoms with Crippen molar-refractivity contribution < 1.29 is 4.79 Å². The number of nitrogens with one attached hydrogen (secondary N) is 1. The molecule has 3 atom stereocenters. The standard InChI is InChI=1S/C15H27N3OS/c1-4-15(2,13(16)20)14(19)17-10-8-11-6-5-7-12(9-10)18(11)3/h10-12H,4-9H2,1-3H3,(H2,16,20)(H,17,19). The first-order chi connectivity index (χ1) is 9.38. The van der Waals surface area contributed by atoms with Crippen LogP contribution in [0.15, 0.2) is 0 Å². The van der Waals surface area contributed by atoms with Crippen LogP contribution in [0.4, 0.5) is 0 Å². The monoisotopic (exact) mass is 297 g/mol. The van der Waals surface area contributed by atoms with E-state index in [9.17, 15) is 4.79 Å². The van der Waals surface area contributed by atoms with Crippen LogP contribution >= 0.6 is 12.2 Å². The Morgan fingerprint density at radius 1 is 1.40 bits per heavy atom. The number of nitrogens with two attached hydrogens (primary N) is 1. The van der Waals surface area contributed by atoms with Crippen LogP contribution in [0, 0.1) is 5.41 Å². The molecule has 3 N–H and O–H groups in total. The highest BCUT2D eigenvalue weighted by molar-refractivity contribution is 7.80. The van der Waals surface area contributed by atoms with Crippen molar-refractivity contribution >= 4 is 23.1 Å². The molecule has 0 radical (unpaired) electrons. The van der Waals surface area contributed by atoms with Crippen LogP contribution in [0.1, 0.15) is 52.4 Å². The number of carbonyl (C=O) groups is 1. The summed E-state index contributed by atoms with van der Waals surface area (Å²) in [5, 5.41) is 3.21. The Morgan fingerprint density at radius 3 is 2.40 bits per heavy atom. The zero-order chi connectivity index (χ0) is 14.9. The minimum atomic E-state index is -0.714. The molecule has 20 heavy (non-hydrogen) atoms. The van der Waals surface area contributed by atoms with Crippen molar-refractivity contribution in [2.75, 3.05) is 7.05 Å². The SMILES string of the molecule is CCC(C)(C(=O)NC1CC2CCCC(C1)N2C)C(N)=S. The second kappa shape index (κ2) is 5.98. The van der Waals surface area contributed by atoms with Gasteiger partial charge in [-0.3, -0.25) is 4.79 Å². The van der Waals surface area contributed by atoms with Gasteiger partial charge in [-0.15, -0.1) is 0 Å². The minimum Gasteiger partial charge on any atom is -0.392 e. The summed E-state index contributed by atoms with van der Waals surface area (Å²) in [6, 6.07) is 1.50. The summed E-state index contributed by atoms with van der Waals surface area (Å²) in [5.41, 5.74) is 5.05. The number of hydrogen-bond donors (Lipinski definition) is 2. The van der Waals surface area contributed by atoms with Gasteiger partial charge in [-0.25, -0.2) is 0 Å². The van der Waals surface area contributed by atoms with E-state index in [-0.39, 0.29) is 11.9 Å². The molecule has 2 fully saturated rings. The van der Waals surface area contributed by atoms with Crippen molar-refractivity contribution in [3.05, 3.63) is 0 Å². The Kier molecular flexibility index (Phi) is 4.69. The Balaban J connectivity index is 2.00. The number of fused-ring (bicyclic) bond motifs is 2. The second-order valence-corrected chi connectivity index (χ2v) is 7.04.